The van der Waals surface area contributed by atoms with Crippen molar-refractivity contribution in [1.29, 1.82) is 0 Å². The van der Waals surface area contributed by atoms with Crippen molar-refractivity contribution in [1.82, 2.24) is 4.72 Å². The van der Waals surface area contributed by atoms with E-state index in [0.29, 0.717) is 11.5 Å². The van der Waals surface area contributed by atoms with Crippen LogP contribution in [0.4, 0.5) is 0 Å². The summed E-state index contributed by atoms with van der Waals surface area (Å²) >= 11 is 1.37. The number of nitrogens with one attached hydrogen (secondary N) is 1. The van der Waals surface area contributed by atoms with Crippen LogP contribution in [-0.2, 0) is 14.8 Å². The van der Waals surface area contributed by atoms with E-state index >= 15 is 0 Å². The molecule has 0 spiro atoms. The Balaban J connectivity index is 2.60. The lowest BCUT2D eigenvalue weighted by atomic mass is 10.1. The van der Waals surface area contributed by atoms with Crippen molar-refractivity contribution < 1.29 is 27.8 Å². The van der Waals surface area contributed by atoms with Crippen molar-refractivity contribution in [3.05, 3.63) is 53.1 Å². The number of aliphatic carboxylic acids is 1. The van der Waals surface area contributed by atoms with E-state index in [4.69, 9.17) is 9.47 Å². The number of thioether (sulfide) groups is 1. The average Bonchev–Trinajstić information content (AvgIpc) is 2.80. The summed E-state index contributed by atoms with van der Waals surface area (Å²) in [6.07, 6.45) is 10.6. The topological polar surface area (TPSA) is 102 Å². The minimum atomic E-state index is -4.05. The zero-order valence-corrected chi connectivity index (χ0v) is 23.2. The van der Waals surface area contributed by atoms with E-state index < -0.39 is 22.0 Å². The van der Waals surface area contributed by atoms with Crippen LogP contribution in [0, 0.1) is 0 Å². The van der Waals surface area contributed by atoms with E-state index in [2.05, 4.69) is 50.6 Å². The zero-order chi connectivity index (χ0) is 26.4. The third kappa shape index (κ3) is 11.8. The van der Waals surface area contributed by atoms with Crippen LogP contribution < -0.4 is 14.2 Å². The average molecular weight is 526 g/mol. The molecule has 1 rings (SSSR count). The van der Waals surface area contributed by atoms with Gasteiger partial charge < -0.3 is 14.6 Å². The van der Waals surface area contributed by atoms with Crippen LogP contribution in [0.1, 0.15) is 53.4 Å². The molecular formula is C26H39NO6S2. The molecule has 0 radical (unpaired) electrons. The molecule has 196 valence electrons. The Morgan fingerprint density at radius 3 is 2.17 bits per heavy atom. The van der Waals surface area contributed by atoms with Crippen molar-refractivity contribution >= 4 is 27.8 Å². The van der Waals surface area contributed by atoms with Crippen molar-refractivity contribution in [3.8, 4) is 11.5 Å². The lowest BCUT2D eigenvalue weighted by molar-refractivity contribution is -0.138. The highest BCUT2D eigenvalue weighted by Crippen LogP contribution is 2.29. The third-order valence-electron chi connectivity index (χ3n) is 5.22. The molecule has 1 aromatic rings. The van der Waals surface area contributed by atoms with E-state index in [1.807, 2.05) is 0 Å². The summed E-state index contributed by atoms with van der Waals surface area (Å²) in [5, 5.41) is 9.52. The maximum atomic E-state index is 12.7. The summed E-state index contributed by atoms with van der Waals surface area (Å²) in [7, 11) is -1.21. The number of hydrogen-bond acceptors (Lipinski definition) is 6. The number of carboxylic acids is 1. The molecule has 35 heavy (non-hydrogen) atoms. The molecule has 0 aromatic heterocycles. The molecule has 0 heterocycles. The second kappa shape index (κ2) is 15.7. The predicted octanol–water partition coefficient (Wildman–Crippen LogP) is 5.59. The number of carbonyl (C=O) groups is 1. The van der Waals surface area contributed by atoms with Gasteiger partial charge in [0.2, 0.25) is 10.0 Å². The van der Waals surface area contributed by atoms with Gasteiger partial charge in [-0.3, -0.25) is 4.79 Å². The number of ether oxygens (including phenoxy) is 2. The van der Waals surface area contributed by atoms with Crippen LogP contribution in [0.2, 0.25) is 0 Å². The molecule has 0 aliphatic heterocycles. The van der Waals surface area contributed by atoms with Crippen molar-refractivity contribution in [2.75, 3.05) is 25.7 Å². The molecule has 1 aromatic carbocycles. The Morgan fingerprint density at radius 2 is 1.60 bits per heavy atom. The minimum absolute atomic E-state index is 0.0914. The van der Waals surface area contributed by atoms with Crippen LogP contribution in [0.25, 0.3) is 0 Å². The summed E-state index contributed by atoms with van der Waals surface area (Å²) in [6.45, 7) is 8.43. The summed E-state index contributed by atoms with van der Waals surface area (Å²) in [4.78, 5) is 11.6. The van der Waals surface area contributed by atoms with Gasteiger partial charge in [-0.1, -0.05) is 34.9 Å². The van der Waals surface area contributed by atoms with Crippen LogP contribution in [0.15, 0.2) is 58.0 Å². The molecule has 0 bridgehead atoms. The van der Waals surface area contributed by atoms with Crippen LogP contribution in [0.5, 0.6) is 11.5 Å². The van der Waals surface area contributed by atoms with Gasteiger partial charge in [0.25, 0.3) is 0 Å². The van der Waals surface area contributed by atoms with Crippen molar-refractivity contribution in [3.63, 3.8) is 0 Å². The van der Waals surface area contributed by atoms with Crippen LogP contribution >= 0.6 is 11.8 Å². The number of sulfonamides is 1. The second-order valence-corrected chi connectivity index (χ2v) is 11.3. The van der Waals surface area contributed by atoms with Gasteiger partial charge in [-0.15, -0.1) is 0 Å². The summed E-state index contributed by atoms with van der Waals surface area (Å²) < 4.78 is 38.0. The summed E-state index contributed by atoms with van der Waals surface area (Å²) in [6, 6.07) is 2.86. The Hall–Kier alpha value is -2.23. The second-order valence-electron chi connectivity index (χ2n) is 8.53. The van der Waals surface area contributed by atoms with Crippen molar-refractivity contribution in [2.45, 2.75) is 64.3 Å². The molecule has 0 saturated carbocycles. The van der Waals surface area contributed by atoms with E-state index in [0.717, 1.165) is 25.7 Å². The van der Waals surface area contributed by atoms with Gasteiger partial charge in [0.1, 0.15) is 6.04 Å². The third-order valence-corrected chi connectivity index (χ3v) is 7.66. The fourth-order valence-electron chi connectivity index (χ4n) is 3.12. The molecule has 9 heteroatoms. The monoisotopic (exact) mass is 525 g/mol. The van der Waals surface area contributed by atoms with Gasteiger partial charge in [-0.05, 0) is 65.5 Å². The normalized spacial score (nSPS) is 13.3. The molecular weight excluding hydrogens is 486 g/mol. The first-order valence-corrected chi connectivity index (χ1v) is 14.1. The van der Waals surface area contributed by atoms with Crippen LogP contribution in [0.3, 0.4) is 0 Å². The largest absolute Gasteiger partial charge is 0.493 e. The van der Waals surface area contributed by atoms with Gasteiger partial charge in [0.15, 0.2) is 11.5 Å². The van der Waals surface area contributed by atoms with E-state index in [-0.39, 0.29) is 16.4 Å². The number of benzene rings is 1. The van der Waals surface area contributed by atoms with E-state index in [1.165, 1.54) is 60.9 Å². The van der Waals surface area contributed by atoms with Gasteiger partial charge in [-0.25, -0.2) is 8.42 Å². The van der Waals surface area contributed by atoms with Crippen LogP contribution in [-0.4, -0.2) is 51.3 Å². The number of rotatable bonds is 16. The first kappa shape index (κ1) is 30.8. The maximum absolute atomic E-state index is 12.7. The Morgan fingerprint density at radius 1 is 1.00 bits per heavy atom. The Bertz CT molecular complexity index is 1020. The maximum Gasteiger partial charge on any atom is 0.322 e. The lowest BCUT2D eigenvalue weighted by Crippen LogP contribution is -2.42. The molecule has 0 amide bonds. The fraction of sp³-hybridized carbons (Fsp3) is 0.500. The number of methoxy groups -OCH3 is 2. The summed E-state index contributed by atoms with van der Waals surface area (Å²) in [5.41, 5.74) is 3.95. The van der Waals surface area contributed by atoms with Gasteiger partial charge >= 0.3 is 5.97 Å². The molecule has 7 nitrogen and oxygen atoms in total. The van der Waals surface area contributed by atoms with Gasteiger partial charge in [0.05, 0.1) is 19.1 Å². The van der Waals surface area contributed by atoms with Gasteiger partial charge in [0, 0.05) is 17.6 Å². The zero-order valence-electron chi connectivity index (χ0n) is 21.6. The molecule has 1 atom stereocenters. The SMILES string of the molecule is COc1ccc(S(=O)(=O)N[C@@H](CSC/C=C(\C)CC/C=C(\C)CCC=C(C)C)C(=O)O)cc1OC. The number of hydrogen-bond donors (Lipinski definition) is 2. The highest BCUT2D eigenvalue weighted by atomic mass is 32.2. The number of allylic oxidation sites excluding steroid dienone is 5. The predicted molar refractivity (Wildman–Crippen MR) is 144 cm³/mol. The molecule has 0 aliphatic rings. The van der Waals surface area contributed by atoms with E-state index in [9.17, 15) is 18.3 Å². The Labute approximate surface area is 214 Å². The highest BCUT2D eigenvalue weighted by molar-refractivity contribution is 7.99. The van der Waals surface area contributed by atoms with E-state index in [1.54, 1.807) is 0 Å². The number of carboxylic acid groups (broad SMARTS) is 1. The smallest absolute Gasteiger partial charge is 0.322 e. The molecule has 0 unspecified atom stereocenters. The summed E-state index contributed by atoms with van der Waals surface area (Å²) in [5.74, 6) is 0.117. The quantitative estimate of drug-likeness (QED) is 0.214. The first-order chi connectivity index (χ1) is 16.5. The molecule has 2 N–H and O–H groups in total. The highest BCUT2D eigenvalue weighted by Gasteiger charge is 2.26. The van der Waals surface area contributed by atoms with Crippen molar-refractivity contribution in [2.24, 2.45) is 0 Å². The standard InChI is InChI=1S/C26H39NO6S2/c1-19(2)9-7-10-20(3)11-8-12-21(4)15-16-34-18-23(26(28)29)27-35(30,31)22-13-14-24(32-5)25(17-22)33-6/h9,11,13-15,17,23,27H,7-8,10,12,16,18H2,1-6H3,(H,28,29)/b20-11+,21-15+/t23-/m0/s1. The van der Waals surface area contributed by atoms with Gasteiger partial charge in [-0.2, -0.15) is 16.5 Å². The molecule has 0 aliphatic carbocycles. The molecule has 0 fully saturated rings. The molecule has 0 saturated heterocycles. The lowest BCUT2D eigenvalue weighted by Gasteiger charge is -2.15. The fourth-order valence-corrected chi connectivity index (χ4v) is 5.43. The first-order valence-electron chi connectivity index (χ1n) is 11.5. The Kier molecular flexibility index (Phi) is 13.8. The minimum Gasteiger partial charge on any atom is -0.493 e.